The van der Waals surface area contributed by atoms with Crippen molar-refractivity contribution >= 4 is 5.91 Å². The third-order valence-electron chi connectivity index (χ3n) is 2.79. The summed E-state index contributed by atoms with van der Waals surface area (Å²) in [6.07, 6.45) is -2.70. The van der Waals surface area contributed by atoms with E-state index in [0.29, 0.717) is 19.5 Å². The number of hydrogen-bond donors (Lipinski definition) is 1. The van der Waals surface area contributed by atoms with Gasteiger partial charge in [0.05, 0.1) is 0 Å². The van der Waals surface area contributed by atoms with E-state index in [9.17, 15) is 18.0 Å². The fourth-order valence-corrected chi connectivity index (χ4v) is 2.09. The fraction of sp³-hybridized carbons (Fsp3) is 0.900. The second kappa shape index (κ2) is 5.52. The molecule has 0 aromatic heterocycles. The topological polar surface area (TPSA) is 46.3 Å². The van der Waals surface area contributed by atoms with Crippen molar-refractivity contribution in [3.8, 4) is 0 Å². The highest BCUT2D eigenvalue weighted by Gasteiger charge is 2.36. The smallest absolute Gasteiger partial charge is 0.339 e. The lowest BCUT2D eigenvalue weighted by molar-refractivity contribution is -0.162. The number of rotatable bonds is 4. The largest absolute Gasteiger partial charge is 0.397 e. The predicted octanol–water partition coefficient (Wildman–Crippen LogP) is 1.67. The van der Waals surface area contributed by atoms with Gasteiger partial charge in [-0.25, -0.2) is 0 Å². The summed E-state index contributed by atoms with van der Waals surface area (Å²) in [6.45, 7) is 0.960. The van der Waals surface area contributed by atoms with E-state index in [0.717, 1.165) is 19.3 Å². The zero-order chi connectivity index (χ0) is 12.2. The minimum absolute atomic E-state index is 0.0431. The number of likely N-dealkylation sites (tertiary alicyclic amines) is 1. The lowest BCUT2D eigenvalue weighted by atomic mass is 10.1. The van der Waals surface area contributed by atoms with E-state index in [1.165, 1.54) is 4.90 Å². The van der Waals surface area contributed by atoms with Gasteiger partial charge in [0.15, 0.2) is 0 Å². The van der Waals surface area contributed by atoms with E-state index in [1.54, 1.807) is 0 Å². The average Bonchev–Trinajstić information content (AvgIpc) is 2.59. The maximum Gasteiger partial charge on any atom is 0.397 e. The molecule has 1 rings (SSSR count). The Bertz CT molecular complexity index is 243. The van der Waals surface area contributed by atoms with Crippen molar-refractivity contribution in [3.63, 3.8) is 0 Å². The third kappa shape index (κ3) is 4.00. The maximum absolute atomic E-state index is 12.1. The zero-order valence-corrected chi connectivity index (χ0v) is 9.09. The van der Waals surface area contributed by atoms with Crippen LogP contribution < -0.4 is 5.73 Å². The van der Waals surface area contributed by atoms with Crippen molar-refractivity contribution in [2.24, 2.45) is 5.73 Å². The van der Waals surface area contributed by atoms with Crippen molar-refractivity contribution in [1.82, 2.24) is 4.90 Å². The summed E-state index contributed by atoms with van der Waals surface area (Å²) >= 11 is 0. The van der Waals surface area contributed by atoms with Crippen LogP contribution in [0.25, 0.3) is 0 Å². The van der Waals surface area contributed by atoms with Crippen LogP contribution in [0, 0.1) is 0 Å². The first-order valence-corrected chi connectivity index (χ1v) is 5.50. The highest BCUT2D eigenvalue weighted by Crippen LogP contribution is 2.26. The molecule has 0 aliphatic carbocycles. The molecule has 1 heterocycles. The highest BCUT2D eigenvalue weighted by molar-refractivity contribution is 5.77. The number of carbonyl (C=O) groups excluding carboxylic acids is 1. The summed E-state index contributed by atoms with van der Waals surface area (Å²) in [5, 5.41) is 0. The van der Waals surface area contributed by atoms with Gasteiger partial charge in [0.1, 0.15) is 6.42 Å². The van der Waals surface area contributed by atoms with Crippen LogP contribution in [0.2, 0.25) is 0 Å². The van der Waals surface area contributed by atoms with Crippen LogP contribution in [0.4, 0.5) is 13.2 Å². The summed E-state index contributed by atoms with van der Waals surface area (Å²) < 4.78 is 36.2. The van der Waals surface area contributed by atoms with E-state index >= 15 is 0 Å². The third-order valence-corrected chi connectivity index (χ3v) is 2.79. The van der Waals surface area contributed by atoms with Gasteiger partial charge in [0.2, 0.25) is 5.91 Å². The number of halogens is 3. The SMILES string of the molecule is NCCCC1CCCN1C(=O)CC(F)(F)F. The van der Waals surface area contributed by atoms with Gasteiger partial charge in [-0.2, -0.15) is 13.2 Å². The van der Waals surface area contributed by atoms with E-state index < -0.39 is 18.5 Å². The van der Waals surface area contributed by atoms with Gasteiger partial charge in [-0.05, 0) is 32.2 Å². The van der Waals surface area contributed by atoms with Gasteiger partial charge in [0, 0.05) is 12.6 Å². The van der Waals surface area contributed by atoms with Crippen molar-refractivity contribution in [1.29, 1.82) is 0 Å². The van der Waals surface area contributed by atoms with E-state index in [2.05, 4.69) is 0 Å². The molecule has 1 amide bonds. The minimum Gasteiger partial charge on any atom is -0.339 e. The molecule has 1 unspecified atom stereocenters. The molecule has 0 saturated carbocycles. The Kier molecular flexibility index (Phi) is 4.58. The molecule has 0 bridgehead atoms. The molecule has 1 aliphatic rings. The molecule has 94 valence electrons. The van der Waals surface area contributed by atoms with Crippen molar-refractivity contribution in [2.45, 2.75) is 44.3 Å². The number of carbonyl (C=O) groups is 1. The average molecular weight is 238 g/mol. The molecule has 1 saturated heterocycles. The van der Waals surface area contributed by atoms with E-state index in [1.807, 2.05) is 0 Å². The first kappa shape index (κ1) is 13.3. The lowest BCUT2D eigenvalue weighted by Crippen LogP contribution is -2.38. The summed E-state index contributed by atoms with van der Waals surface area (Å²) in [5.41, 5.74) is 5.35. The molecule has 3 nitrogen and oxygen atoms in total. The molecular formula is C10H17F3N2O. The second-order valence-electron chi connectivity index (χ2n) is 4.11. The molecule has 0 aromatic carbocycles. The van der Waals surface area contributed by atoms with Crippen LogP contribution in [0.5, 0.6) is 0 Å². The number of hydrogen-bond acceptors (Lipinski definition) is 2. The molecule has 0 radical (unpaired) electrons. The normalized spacial score (nSPS) is 21.5. The number of nitrogens with zero attached hydrogens (tertiary/aromatic N) is 1. The summed E-state index contributed by atoms with van der Waals surface area (Å²) in [4.78, 5) is 12.8. The Labute approximate surface area is 92.8 Å². The first-order valence-electron chi connectivity index (χ1n) is 5.50. The predicted molar refractivity (Wildman–Crippen MR) is 53.7 cm³/mol. The standard InChI is InChI=1S/C10H17F3N2O/c11-10(12,13)7-9(16)15-6-2-4-8(15)3-1-5-14/h8H,1-7,14H2. The Morgan fingerprint density at radius 3 is 2.69 bits per heavy atom. The molecule has 16 heavy (non-hydrogen) atoms. The van der Waals surface area contributed by atoms with Crippen LogP contribution in [0.1, 0.15) is 32.1 Å². The summed E-state index contributed by atoms with van der Waals surface area (Å²) in [7, 11) is 0. The molecule has 0 aromatic rings. The van der Waals surface area contributed by atoms with Crippen LogP contribution in [0.3, 0.4) is 0 Å². The molecule has 1 fully saturated rings. The number of alkyl halides is 3. The fourth-order valence-electron chi connectivity index (χ4n) is 2.09. The monoisotopic (exact) mass is 238 g/mol. The van der Waals surface area contributed by atoms with Crippen LogP contribution in [-0.4, -0.2) is 36.1 Å². The molecule has 0 spiro atoms. The van der Waals surface area contributed by atoms with Gasteiger partial charge in [-0.15, -0.1) is 0 Å². The van der Waals surface area contributed by atoms with Crippen LogP contribution in [0.15, 0.2) is 0 Å². The molecule has 1 atom stereocenters. The van der Waals surface area contributed by atoms with Gasteiger partial charge >= 0.3 is 6.18 Å². The van der Waals surface area contributed by atoms with Crippen molar-refractivity contribution in [2.75, 3.05) is 13.1 Å². The number of nitrogens with two attached hydrogens (primary N) is 1. The van der Waals surface area contributed by atoms with Gasteiger partial charge in [-0.3, -0.25) is 4.79 Å². The lowest BCUT2D eigenvalue weighted by Gasteiger charge is -2.25. The Balaban J connectivity index is 2.47. The molecular weight excluding hydrogens is 221 g/mol. The Morgan fingerprint density at radius 1 is 1.44 bits per heavy atom. The maximum atomic E-state index is 12.1. The van der Waals surface area contributed by atoms with E-state index in [4.69, 9.17) is 5.73 Å². The quantitative estimate of drug-likeness (QED) is 0.809. The summed E-state index contributed by atoms with van der Waals surface area (Å²) in [5.74, 6) is -0.799. The summed E-state index contributed by atoms with van der Waals surface area (Å²) in [6, 6.07) is -0.0431. The minimum atomic E-state index is -4.40. The van der Waals surface area contributed by atoms with Crippen LogP contribution >= 0.6 is 0 Å². The van der Waals surface area contributed by atoms with Gasteiger partial charge in [0.25, 0.3) is 0 Å². The first-order chi connectivity index (χ1) is 7.44. The van der Waals surface area contributed by atoms with Gasteiger partial charge in [-0.1, -0.05) is 0 Å². The second-order valence-corrected chi connectivity index (χ2v) is 4.11. The van der Waals surface area contributed by atoms with Crippen molar-refractivity contribution in [3.05, 3.63) is 0 Å². The van der Waals surface area contributed by atoms with Gasteiger partial charge < -0.3 is 10.6 Å². The highest BCUT2D eigenvalue weighted by atomic mass is 19.4. The molecule has 6 heteroatoms. The zero-order valence-electron chi connectivity index (χ0n) is 9.09. The Hall–Kier alpha value is -0.780. The Morgan fingerprint density at radius 2 is 2.12 bits per heavy atom. The van der Waals surface area contributed by atoms with Crippen molar-refractivity contribution < 1.29 is 18.0 Å². The van der Waals surface area contributed by atoms with Crippen LogP contribution in [-0.2, 0) is 4.79 Å². The molecule has 1 aliphatic heterocycles. The molecule has 2 N–H and O–H groups in total. The number of amides is 1. The van der Waals surface area contributed by atoms with E-state index in [-0.39, 0.29) is 6.04 Å².